The van der Waals surface area contributed by atoms with E-state index in [1.165, 1.54) is 58.9 Å². The molecule has 3 nitrogen and oxygen atoms in total. The zero-order valence-corrected chi connectivity index (χ0v) is 20.6. The number of aromatic nitrogens is 2. The highest BCUT2D eigenvalue weighted by molar-refractivity contribution is 5.79. The maximum atomic E-state index is 5.01. The van der Waals surface area contributed by atoms with Crippen LogP contribution in [0.3, 0.4) is 0 Å². The first-order chi connectivity index (χ1) is 16.0. The third kappa shape index (κ3) is 6.04. The third-order valence-electron chi connectivity index (χ3n) is 6.21. The molecule has 0 fully saturated rings. The number of aryl methyl sites for hydroxylation is 4. The highest BCUT2D eigenvalue weighted by Crippen LogP contribution is 2.24. The molecule has 2 aromatic heterocycles. The Hall–Kier alpha value is -3.07. The van der Waals surface area contributed by atoms with Gasteiger partial charge in [-0.05, 0) is 86.6 Å². The van der Waals surface area contributed by atoms with Gasteiger partial charge in [0.25, 0.3) is 0 Å². The fraction of sp³-hybridized carbons (Fsp3) is 0.367. The number of fused-ring (bicyclic) bond motifs is 1. The number of rotatable bonds is 10. The van der Waals surface area contributed by atoms with E-state index >= 15 is 0 Å². The van der Waals surface area contributed by atoms with Gasteiger partial charge in [-0.15, -0.1) is 0 Å². The van der Waals surface area contributed by atoms with Gasteiger partial charge in [0.2, 0.25) is 0 Å². The van der Waals surface area contributed by atoms with Crippen LogP contribution in [-0.2, 0) is 19.4 Å². The van der Waals surface area contributed by atoms with Gasteiger partial charge in [-0.25, -0.2) is 4.98 Å². The summed E-state index contributed by atoms with van der Waals surface area (Å²) in [5, 5.41) is 4.78. The number of benzene rings is 2. The number of nitrogens with zero attached hydrogens (tertiary/aromatic N) is 2. The normalized spacial score (nSPS) is 11.3. The minimum atomic E-state index is 0.830. The van der Waals surface area contributed by atoms with E-state index in [-0.39, 0.29) is 0 Å². The molecule has 2 aromatic carbocycles. The smallest absolute Gasteiger partial charge is 0.142 e. The maximum absolute atomic E-state index is 5.01. The van der Waals surface area contributed by atoms with Crippen LogP contribution in [-0.4, -0.2) is 9.55 Å². The van der Waals surface area contributed by atoms with E-state index in [1.807, 2.05) is 0 Å². The zero-order chi connectivity index (χ0) is 23.2. The lowest BCUT2D eigenvalue weighted by molar-refractivity contribution is 0.781. The molecule has 4 aromatic rings. The third-order valence-corrected chi connectivity index (χ3v) is 6.21. The molecular weight excluding hydrogens is 402 g/mol. The number of hydrogen-bond acceptors (Lipinski definition) is 2. The van der Waals surface area contributed by atoms with Gasteiger partial charge < -0.3 is 9.88 Å². The van der Waals surface area contributed by atoms with Crippen molar-refractivity contribution in [1.29, 1.82) is 0 Å². The minimum absolute atomic E-state index is 0.830. The molecule has 0 spiro atoms. The van der Waals surface area contributed by atoms with Crippen molar-refractivity contribution in [2.45, 2.75) is 72.8 Å². The molecule has 0 amide bonds. The Morgan fingerprint density at radius 2 is 1.42 bits per heavy atom. The number of pyridine rings is 1. The van der Waals surface area contributed by atoms with Crippen molar-refractivity contribution in [3.63, 3.8) is 0 Å². The van der Waals surface area contributed by atoms with Crippen LogP contribution in [0.2, 0.25) is 0 Å². The number of unbranched alkanes of at least 4 members (excludes halogenated alkanes) is 2. The first-order valence-electron chi connectivity index (χ1n) is 12.5. The van der Waals surface area contributed by atoms with E-state index in [0.29, 0.717) is 0 Å². The minimum Gasteiger partial charge on any atom is -0.340 e. The van der Waals surface area contributed by atoms with Crippen LogP contribution in [0.25, 0.3) is 11.0 Å². The van der Waals surface area contributed by atoms with Gasteiger partial charge >= 0.3 is 0 Å². The summed E-state index contributed by atoms with van der Waals surface area (Å²) >= 11 is 0. The summed E-state index contributed by atoms with van der Waals surface area (Å²) in [6.45, 7) is 9.66. The number of anilines is 2. The molecule has 1 N–H and O–H groups in total. The Balaban J connectivity index is 1.60. The van der Waals surface area contributed by atoms with Crippen LogP contribution >= 0.6 is 0 Å². The van der Waals surface area contributed by atoms with Gasteiger partial charge in [0.1, 0.15) is 11.5 Å². The molecule has 0 atom stereocenters. The molecular formula is C30H37N3. The van der Waals surface area contributed by atoms with E-state index in [1.54, 1.807) is 0 Å². The van der Waals surface area contributed by atoms with Gasteiger partial charge in [0.05, 0.1) is 0 Å². The summed E-state index contributed by atoms with van der Waals surface area (Å²) in [6, 6.07) is 20.2. The predicted molar refractivity (Wildman–Crippen MR) is 142 cm³/mol. The molecule has 2 heterocycles. The Morgan fingerprint density at radius 3 is 2.06 bits per heavy atom. The number of nitrogens with one attached hydrogen (secondary N) is 1. The Bertz CT molecular complexity index is 1170. The van der Waals surface area contributed by atoms with E-state index in [0.717, 1.165) is 36.5 Å². The molecule has 0 bridgehead atoms. The summed E-state index contributed by atoms with van der Waals surface area (Å²) in [4.78, 5) is 5.01. The van der Waals surface area contributed by atoms with Crippen molar-refractivity contribution in [3.8, 4) is 0 Å². The first kappa shape index (κ1) is 23.1. The average molecular weight is 440 g/mol. The summed E-state index contributed by atoms with van der Waals surface area (Å²) < 4.78 is 2.25. The van der Waals surface area contributed by atoms with Crippen molar-refractivity contribution in [2.24, 2.45) is 0 Å². The first-order valence-corrected chi connectivity index (χ1v) is 12.5. The van der Waals surface area contributed by atoms with Crippen molar-refractivity contribution in [1.82, 2.24) is 9.55 Å². The molecule has 0 saturated carbocycles. The van der Waals surface area contributed by atoms with E-state index in [2.05, 4.69) is 98.4 Å². The summed E-state index contributed by atoms with van der Waals surface area (Å²) in [7, 11) is 0. The van der Waals surface area contributed by atoms with Crippen molar-refractivity contribution >= 4 is 22.5 Å². The second-order valence-corrected chi connectivity index (χ2v) is 9.42. The van der Waals surface area contributed by atoms with Gasteiger partial charge in [-0.3, -0.25) is 0 Å². The molecule has 172 valence electrons. The van der Waals surface area contributed by atoms with Crippen molar-refractivity contribution in [3.05, 3.63) is 88.6 Å². The zero-order valence-electron chi connectivity index (χ0n) is 20.6. The number of hydrogen-bond donors (Lipinski definition) is 1. The SMILES string of the molecule is CCCCc1cc(CCCC)cc(Nc2ccc3ccn(Cc4cc(C)cc(C)c4)c3n2)c1. The van der Waals surface area contributed by atoms with Crippen LogP contribution in [0.1, 0.15) is 67.3 Å². The fourth-order valence-electron chi connectivity index (χ4n) is 4.65. The van der Waals surface area contributed by atoms with Gasteiger partial charge in [-0.2, -0.15) is 0 Å². The van der Waals surface area contributed by atoms with Crippen LogP contribution < -0.4 is 5.32 Å². The summed E-state index contributed by atoms with van der Waals surface area (Å²) in [5.41, 5.74) is 8.94. The Morgan fingerprint density at radius 1 is 0.758 bits per heavy atom. The fourth-order valence-corrected chi connectivity index (χ4v) is 4.65. The monoisotopic (exact) mass is 439 g/mol. The second kappa shape index (κ2) is 10.7. The predicted octanol–water partition coefficient (Wildman–Crippen LogP) is 8.13. The Kier molecular flexibility index (Phi) is 7.49. The molecule has 4 rings (SSSR count). The van der Waals surface area contributed by atoms with Gasteiger partial charge in [0.15, 0.2) is 0 Å². The largest absolute Gasteiger partial charge is 0.340 e. The standard InChI is InChI=1S/C30H37N3/c1-5-7-9-24-18-25(10-8-6-2)20-28(19-24)31-29-12-11-27-13-14-33(30(27)32-29)21-26-16-22(3)15-23(4)17-26/h11-20H,5-10,21H2,1-4H3,(H,31,32). The van der Waals surface area contributed by atoms with Crippen LogP contribution in [0.5, 0.6) is 0 Å². The highest BCUT2D eigenvalue weighted by Gasteiger charge is 2.08. The van der Waals surface area contributed by atoms with Crippen LogP contribution in [0.15, 0.2) is 60.8 Å². The second-order valence-electron chi connectivity index (χ2n) is 9.42. The van der Waals surface area contributed by atoms with Gasteiger partial charge in [0, 0.05) is 23.8 Å². The van der Waals surface area contributed by atoms with Crippen LogP contribution in [0.4, 0.5) is 11.5 Å². The quantitative estimate of drug-likeness (QED) is 0.270. The van der Waals surface area contributed by atoms with Gasteiger partial charge in [-0.1, -0.05) is 62.1 Å². The lowest BCUT2D eigenvalue weighted by Gasteiger charge is -2.12. The molecule has 0 aliphatic carbocycles. The van der Waals surface area contributed by atoms with Crippen molar-refractivity contribution < 1.29 is 0 Å². The molecule has 0 aliphatic rings. The molecule has 0 saturated heterocycles. The Labute approximate surface area is 198 Å². The van der Waals surface area contributed by atoms with E-state index < -0.39 is 0 Å². The molecule has 0 unspecified atom stereocenters. The average Bonchev–Trinajstić information content (AvgIpc) is 3.17. The maximum Gasteiger partial charge on any atom is 0.142 e. The van der Waals surface area contributed by atoms with Crippen molar-refractivity contribution in [2.75, 3.05) is 5.32 Å². The molecule has 3 heteroatoms. The molecule has 33 heavy (non-hydrogen) atoms. The summed E-state index contributed by atoms with van der Waals surface area (Å²) in [6.07, 6.45) is 9.31. The molecule has 0 aliphatic heterocycles. The summed E-state index contributed by atoms with van der Waals surface area (Å²) in [5.74, 6) is 0.900. The van der Waals surface area contributed by atoms with E-state index in [4.69, 9.17) is 4.98 Å². The van der Waals surface area contributed by atoms with E-state index in [9.17, 15) is 0 Å². The highest BCUT2D eigenvalue weighted by atomic mass is 15.1. The molecule has 0 radical (unpaired) electrons. The lowest BCUT2D eigenvalue weighted by atomic mass is 10.0. The topological polar surface area (TPSA) is 29.9 Å². The lowest BCUT2D eigenvalue weighted by Crippen LogP contribution is -2.02. The van der Waals surface area contributed by atoms with Crippen LogP contribution in [0, 0.1) is 13.8 Å².